The maximum atomic E-state index is 12.3. The van der Waals surface area contributed by atoms with Crippen LogP contribution in [0.1, 0.15) is 30.9 Å². The van der Waals surface area contributed by atoms with Crippen molar-refractivity contribution in [2.75, 3.05) is 5.32 Å². The highest BCUT2D eigenvalue weighted by Gasteiger charge is 2.12. The van der Waals surface area contributed by atoms with Crippen LogP contribution in [0.15, 0.2) is 66.7 Å². The Hall–Kier alpha value is -4.04. The van der Waals surface area contributed by atoms with Crippen LogP contribution in [-0.2, 0) is 4.79 Å². The summed E-state index contributed by atoms with van der Waals surface area (Å²) in [6.07, 6.45) is 2.78. The summed E-state index contributed by atoms with van der Waals surface area (Å²) < 4.78 is 0. The average molecular weight is 462 g/mol. The Labute approximate surface area is 194 Å². The molecule has 0 atom stereocenters. The predicted molar refractivity (Wildman–Crippen MR) is 129 cm³/mol. The number of carbonyl (C=O) groups is 1. The third-order valence-corrected chi connectivity index (χ3v) is 5.35. The fraction of sp³-hybridized carbons (Fsp3) is 0.125. The molecule has 0 aliphatic heterocycles. The Bertz CT molecular complexity index is 1380. The Morgan fingerprint density at radius 1 is 1.06 bits per heavy atom. The van der Waals surface area contributed by atoms with E-state index in [1.54, 1.807) is 29.1 Å². The van der Waals surface area contributed by atoms with Crippen molar-refractivity contribution >= 4 is 46.0 Å². The zero-order chi connectivity index (χ0) is 23.5. The molecule has 166 valence electrons. The fourth-order valence-electron chi connectivity index (χ4n) is 3.23. The molecule has 0 fully saturated rings. The smallest absolute Gasteiger partial charge is 0.288 e. The Balaban J connectivity index is 1.49. The van der Waals surface area contributed by atoms with E-state index in [9.17, 15) is 14.9 Å². The van der Waals surface area contributed by atoms with Gasteiger partial charge in [-0.25, -0.2) is 0 Å². The van der Waals surface area contributed by atoms with Gasteiger partial charge in [-0.2, -0.15) is 4.80 Å². The highest BCUT2D eigenvalue weighted by molar-refractivity contribution is 6.32. The van der Waals surface area contributed by atoms with Crippen LogP contribution in [-0.4, -0.2) is 25.8 Å². The summed E-state index contributed by atoms with van der Waals surface area (Å²) in [7, 11) is 0. The van der Waals surface area contributed by atoms with Gasteiger partial charge in [0.1, 0.15) is 16.1 Å². The van der Waals surface area contributed by atoms with Crippen LogP contribution >= 0.6 is 11.6 Å². The van der Waals surface area contributed by atoms with Crippen molar-refractivity contribution in [1.82, 2.24) is 15.0 Å². The SMILES string of the molecule is CC(C)c1ccc(-n2nc3ccc(NC(=O)/C=C/c4ccc(Cl)c([N+](=O)[O-])c4)cc3n2)cc1. The number of halogens is 1. The van der Waals surface area contributed by atoms with Crippen LogP contribution in [0.2, 0.25) is 5.02 Å². The molecule has 3 aromatic carbocycles. The summed E-state index contributed by atoms with van der Waals surface area (Å²) in [5, 5.41) is 22.8. The minimum atomic E-state index is -0.569. The summed E-state index contributed by atoms with van der Waals surface area (Å²) in [6.45, 7) is 4.28. The number of carbonyl (C=O) groups excluding carboxylic acids is 1. The molecule has 0 aliphatic carbocycles. The first kappa shape index (κ1) is 22.2. The molecule has 0 unspecified atom stereocenters. The Morgan fingerprint density at radius 2 is 1.79 bits per heavy atom. The molecule has 0 saturated carbocycles. The number of hydrogen-bond donors (Lipinski definition) is 1. The van der Waals surface area contributed by atoms with E-state index in [0.717, 1.165) is 5.69 Å². The summed E-state index contributed by atoms with van der Waals surface area (Å²) in [5.74, 6) is 0.0577. The lowest BCUT2D eigenvalue weighted by Crippen LogP contribution is -2.07. The maximum absolute atomic E-state index is 12.3. The summed E-state index contributed by atoms with van der Waals surface area (Å²) in [6, 6.07) is 17.6. The number of aromatic nitrogens is 3. The van der Waals surface area contributed by atoms with Crippen LogP contribution in [0, 0.1) is 10.1 Å². The Kier molecular flexibility index (Phi) is 6.19. The second-order valence-electron chi connectivity index (χ2n) is 7.73. The van der Waals surface area contributed by atoms with Crippen LogP contribution in [0.5, 0.6) is 0 Å². The van der Waals surface area contributed by atoms with Crippen molar-refractivity contribution in [3.05, 3.63) is 93.0 Å². The van der Waals surface area contributed by atoms with Crippen molar-refractivity contribution in [2.45, 2.75) is 19.8 Å². The van der Waals surface area contributed by atoms with Gasteiger partial charge in [0.05, 0.1) is 10.6 Å². The molecule has 0 bridgehead atoms. The average Bonchev–Trinajstić information content (AvgIpc) is 3.22. The van der Waals surface area contributed by atoms with Crippen molar-refractivity contribution in [1.29, 1.82) is 0 Å². The van der Waals surface area contributed by atoms with Crippen molar-refractivity contribution in [2.24, 2.45) is 0 Å². The number of anilines is 1. The number of nitrogens with zero attached hydrogens (tertiary/aromatic N) is 4. The molecule has 0 saturated heterocycles. The molecule has 1 N–H and O–H groups in total. The van der Waals surface area contributed by atoms with Crippen LogP contribution in [0.3, 0.4) is 0 Å². The largest absolute Gasteiger partial charge is 0.322 e. The molecule has 1 heterocycles. The number of rotatable bonds is 6. The zero-order valence-corrected chi connectivity index (χ0v) is 18.7. The van der Waals surface area contributed by atoms with E-state index >= 15 is 0 Å². The van der Waals surface area contributed by atoms with E-state index in [-0.39, 0.29) is 16.6 Å². The van der Waals surface area contributed by atoms with Crippen LogP contribution in [0.4, 0.5) is 11.4 Å². The van der Waals surface area contributed by atoms with E-state index in [2.05, 4.69) is 41.5 Å². The van der Waals surface area contributed by atoms with Gasteiger partial charge in [0, 0.05) is 17.8 Å². The zero-order valence-electron chi connectivity index (χ0n) is 17.9. The fourth-order valence-corrected chi connectivity index (χ4v) is 3.42. The number of amides is 1. The van der Waals surface area contributed by atoms with Crippen LogP contribution < -0.4 is 5.32 Å². The minimum absolute atomic E-state index is 0.0406. The lowest BCUT2D eigenvalue weighted by atomic mass is 10.0. The van der Waals surface area contributed by atoms with E-state index in [1.165, 1.54) is 29.8 Å². The molecule has 33 heavy (non-hydrogen) atoms. The van der Waals surface area contributed by atoms with Gasteiger partial charge in [0.2, 0.25) is 5.91 Å². The molecular formula is C24H20ClN5O3. The monoisotopic (exact) mass is 461 g/mol. The molecular weight excluding hydrogens is 442 g/mol. The minimum Gasteiger partial charge on any atom is -0.322 e. The number of fused-ring (bicyclic) bond motifs is 1. The highest BCUT2D eigenvalue weighted by atomic mass is 35.5. The van der Waals surface area contributed by atoms with Gasteiger partial charge in [0.15, 0.2) is 0 Å². The van der Waals surface area contributed by atoms with Gasteiger partial charge >= 0.3 is 0 Å². The lowest BCUT2D eigenvalue weighted by Gasteiger charge is -2.05. The third-order valence-electron chi connectivity index (χ3n) is 5.03. The number of benzene rings is 3. The second-order valence-corrected chi connectivity index (χ2v) is 8.14. The summed E-state index contributed by atoms with van der Waals surface area (Å²) in [4.78, 5) is 24.3. The first-order valence-corrected chi connectivity index (χ1v) is 10.6. The van der Waals surface area contributed by atoms with Gasteiger partial charge in [-0.05, 0) is 59.5 Å². The molecule has 4 rings (SSSR count). The lowest BCUT2D eigenvalue weighted by molar-refractivity contribution is -0.384. The molecule has 9 heteroatoms. The Morgan fingerprint density at radius 3 is 2.48 bits per heavy atom. The third kappa shape index (κ3) is 5.07. The van der Waals surface area contributed by atoms with Crippen molar-refractivity contribution < 1.29 is 9.72 Å². The molecule has 1 aromatic heterocycles. The topological polar surface area (TPSA) is 103 Å². The second kappa shape index (κ2) is 9.22. The van der Waals surface area contributed by atoms with Gasteiger partial charge in [-0.1, -0.05) is 43.6 Å². The maximum Gasteiger partial charge on any atom is 0.288 e. The first-order valence-electron chi connectivity index (χ1n) is 10.2. The van der Waals surface area contributed by atoms with Gasteiger partial charge in [0.25, 0.3) is 5.69 Å². The highest BCUT2D eigenvalue weighted by Crippen LogP contribution is 2.25. The van der Waals surface area contributed by atoms with E-state index in [0.29, 0.717) is 28.2 Å². The number of nitro benzene ring substituents is 1. The van der Waals surface area contributed by atoms with Gasteiger partial charge in [-0.15, -0.1) is 10.2 Å². The number of hydrogen-bond acceptors (Lipinski definition) is 5. The molecule has 0 radical (unpaired) electrons. The van der Waals surface area contributed by atoms with E-state index in [4.69, 9.17) is 11.6 Å². The van der Waals surface area contributed by atoms with Crippen molar-refractivity contribution in [3.63, 3.8) is 0 Å². The molecule has 4 aromatic rings. The molecule has 0 aliphatic rings. The van der Waals surface area contributed by atoms with Crippen molar-refractivity contribution in [3.8, 4) is 5.69 Å². The summed E-state index contributed by atoms with van der Waals surface area (Å²) >= 11 is 5.81. The first-order chi connectivity index (χ1) is 15.8. The number of nitro groups is 1. The normalized spacial score (nSPS) is 11.4. The van der Waals surface area contributed by atoms with Gasteiger partial charge in [-0.3, -0.25) is 14.9 Å². The predicted octanol–water partition coefficient (Wildman–Crippen LogP) is 5.76. The van der Waals surface area contributed by atoms with E-state index < -0.39 is 4.92 Å². The number of nitrogens with one attached hydrogen (secondary N) is 1. The van der Waals surface area contributed by atoms with Gasteiger partial charge < -0.3 is 5.32 Å². The molecule has 0 spiro atoms. The standard InChI is InChI=1S/C24H20ClN5O3/c1-15(2)17-5-8-19(9-6-17)29-27-21-11-7-18(14-22(21)28-29)26-24(31)12-4-16-3-10-20(25)23(13-16)30(32)33/h3-15H,1-2H3,(H,26,31)/b12-4+. The van der Waals surface area contributed by atoms with E-state index in [1.807, 2.05) is 12.1 Å². The molecule has 1 amide bonds. The molecule has 8 nitrogen and oxygen atoms in total. The van der Waals surface area contributed by atoms with Crippen LogP contribution in [0.25, 0.3) is 22.8 Å². The quantitative estimate of drug-likeness (QED) is 0.223. The summed E-state index contributed by atoms with van der Waals surface area (Å²) in [5.41, 5.74) is 4.25.